The van der Waals surface area contributed by atoms with Crippen molar-refractivity contribution in [1.82, 2.24) is 5.43 Å². The fourth-order valence-electron chi connectivity index (χ4n) is 1.32. The van der Waals surface area contributed by atoms with Crippen LogP contribution in [0.2, 0.25) is 0 Å². The minimum Gasteiger partial charge on any atom is -0.267 e. The van der Waals surface area contributed by atoms with E-state index in [1.807, 2.05) is 36.7 Å². The lowest BCUT2D eigenvalue weighted by Crippen LogP contribution is -2.17. The van der Waals surface area contributed by atoms with Crippen LogP contribution >= 0.6 is 22.7 Å². The van der Waals surface area contributed by atoms with E-state index < -0.39 is 0 Å². The molecule has 0 aliphatic carbocycles. The second-order valence-corrected chi connectivity index (χ2v) is 5.61. The SMILES string of the molecule is Cc1scc(C(=O)N/N=C\c2cccs2)c1C. The first kappa shape index (κ1) is 12.0. The third-order valence-corrected chi connectivity index (χ3v) is 4.25. The Balaban J connectivity index is 2.01. The summed E-state index contributed by atoms with van der Waals surface area (Å²) in [5, 5.41) is 7.76. The van der Waals surface area contributed by atoms with Crippen LogP contribution in [0, 0.1) is 13.8 Å². The molecule has 3 nitrogen and oxygen atoms in total. The van der Waals surface area contributed by atoms with E-state index in [1.165, 1.54) is 0 Å². The van der Waals surface area contributed by atoms with E-state index in [1.54, 1.807) is 28.9 Å². The van der Waals surface area contributed by atoms with Crippen molar-refractivity contribution in [2.75, 3.05) is 0 Å². The third kappa shape index (κ3) is 2.81. The van der Waals surface area contributed by atoms with Crippen LogP contribution in [0.4, 0.5) is 0 Å². The number of carbonyl (C=O) groups is 1. The molecule has 0 aromatic carbocycles. The predicted octanol–water partition coefficient (Wildman–Crippen LogP) is 3.19. The summed E-state index contributed by atoms with van der Waals surface area (Å²) in [5.41, 5.74) is 4.27. The lowest BCUT2D eigenvalue weighted by molar-refractivity contribution is 0.0955. The first-order valence-electron chi connectivity index (χ1n) is 5.10. The van der Waals surface area contributed by atoms with Gasteiger partial charge in [-0.15, -0.1) is 22.7 Å². The van der Waals surface area contributed by atoms with Crippen molar-refractivity contribution in [3.05, 3.63) is 43.8 Å². The lowest BCUT2D eigenvalue weighted by Gasteiger charge is -1.98. The molecule has 0 aliphatic heterocycles. The zero-order chi connectivity index (χ0) is 12.3. The summed E-state index contributed by atoms with van der Waals surface area (Å²) in [6.07, 6.45) is 1.65. The van der Waals surface area contributed by atoms with Crippen LogP contribution in [0.25, 0.3) is 0 Å². The first-order valence-corrected chi connectivity index (χ1v) is 6.86. The molecular formula is C12H12N2OS2. The summed E-state index contributed by atoms with van der Waals surface area (Å²) in [4.78, 5) is 14.0. The fourth-order valence-corrected chi connectivity index (χ4v) is 2.77. The molecule has 2 aromatic heterocycles. The van der Waals surface area contributed by atoms with E-state index in [9.17, 15) is 4.79 Å². The van der Waals surface area contributed by atoms with Gasteiger partial charge in [0.15, 0.2) is 0 Å². The summed E-state index contributed by atoms with van der Waals surface area (Å²) < 4.78 is 0. The Morgan fingerprint density at radius 1 is 1.41 bits per heavy atom. The highest BCUT2D eigenvalue weighted by Gasteiger charge is 2.11. The maximum absolute atomic E-state index is 11.8. The maximum atomic E-state index is 11.8. The second-order valence-electron chi connectivity index (χ2n) is 3.55. The van der Waals surface area contributed by atoms with Crippen molar-refractivity contribution < 1.29 is 4.79 Å². The molecule has 0 unspecified atom stereocenters. The van der Waals surface area contributed by atoms with Crippen LogP contribution in [-0.4, -0.2) is 12.1 Å². The molecule has 1 N–H and O–H groups in total. The van der Waals surface area contributed by atoms with Gasteiger partial charge < -0.3 is 0 Å². The number of nitrogens with one attached hydrogen (secondary N) is 1. The topological polar surface area (TPSA) is 41.5 Å². The van der Waals surface area contributed by atoms with Gasteiger partial charge in [-0.25, -0.2) is 5.43 Å². The number of aryl methyl sites for hydroxylation is 1. The van der Waals surface area contributed by atoms with E-state index in [4.69, 9.17) is 0 Å². The highest BCUT2D eigenvalue weighted by molar-refractivity contribution is 7.11. The van der Waals surface area contributed by atoms with Crippen LogP contribution in [0.5, 0.6) is 0 Å². The van der Waals surface area contributed by atoms with Gasteiger partial charge in [0.1, 0.15) is 0 Å². The van der Waals surface area contributed by atoms with Crippen LogP contribution in [0.15, 0.2) is 28.0 Å². The Bertz CT molecular complexity index is 541. The normalized spacial score (nSPS) is 10.9. The monoisotopic (exact) mass is 264 g/mol. The molecule has 0 saturated heterocycles. The highest BCUT2D eigenvalue weighted by atomic mass is 32.1. The largest absolute Gasteiger partial charge is 0.272 e. The molecule has 2 rings (SSSR count). The van der Waals surface area contributed by atoms with Gasteiger partial charge in [-0.1, -0.05) is 6.07 Å². The molecule has 0 atom stereocenters. The predicted molar refractivity (Wildman–Crippen MR) is 73.2 cm³/mol. The Labute approximate surface area is 108 Å². The quantitative estimate of drug-likeness (QED) is 0.671. The van der Waals surface area contributed by atoms with E-state index in [-0.39, 0.29) is 5.91 Å². The van der Waals surface area contributed by atoms with E-state index in [2.05, 4.69) is 10.5 Å². The summed E-state index contributed by atoms with van der Waals surface area (Å²) >= 11 is 3.16. The molecular weight excluding hydrogens is 252 g/mol. The zero-order valence-corrected chi connectivity index (χ0v) is 11.2. The Hall–Kier alpha value is -1.46. The molecule has 88 valence electrons. The van der Waals surface area contributed by atoms with Gasteiger partial charge in [0.25, 0.3) is 5.91 Å². The van der Waals surface area contributed by atoms with Crippen LogP contribution in [-0.2, 0) is 0 Å². The van der Waals surface area contributed by atoms with Crippen molar-refractivity contribution in [3.63, 3.8) is 0 Å². The smallest absolute Gasteiger partial charge is 0.267 e. The molecule has 2 aromatic rings. The van der Waals surface area contributed by atoms with Gasteiger partial charge in [-0.3, -0.25) is 4.79 Å². The number of hydrazone groups is 1. The number of hydrogen-bond donors (Lipinski definition) is 1. The minimum absolute atomic E-state index is 0.153. The third-order valence-electron chi connectivity index (χ3n) is 2.43. The second kappa shape index (κ2) is 5.25. The molecule has 2 heterocycles. The van der Waals surface area contributed by atoms with E-state index >= 15 is 0 Å². The maximum Gasteiger partial charge on any atom is 0.272 e. The Morgan fingerprint density at radius 2 is 2.24 bits per heavy atom. The number of rotatable bonds is 3. The summed E-state index contributed by atoms with van der Waals surface area (Å²) in [6.45, 7) is 3.95. The highest BCUT2D eigenvalue weighted by Crippen LogP contribution is 2.20. The molecule has 5 heteroatoms. The molecule has 0 fully saturated rings. The van der Waals surface area contributed by atoms with Gasteiger partial charge in [-0.2, -0.15) is 5.10 Å². The van der Waals surface area contributed by atoms with Crippen LogP contribution < -0.4 is 5.43 Å². The number of thiophene rings is 2. The fraction of sp³-hybridized carbons (Fsp3) is 0.167. The molecule has 0 aliphatic rings. The van der Waals surface area contributed by atoms with Gasteiger partial charge in [0.2, 0.25) is 0 Å². The van der Waals surface area contributed by atoms with Crippen LogP contribution in [0.1, 0.15) is 25.7 Å². The molecule has 1 amide bonds. The van der Waals surface area contributed by atoms with Crippen molar-refractivity contribution >= 4 is 34.8 Å². The number of hydrogen-bond acceptors (Lipinski definition) is 4. The van der Waals surface area contributed by atoms with E-state index in [0.717, 1.165) is 15.3 Å². The molecule has 0 bridgehead atoms. The minimum atomic E-state index is -0.153. The summed E-state index contributed by atoms with van der Waals surface area (Å²) in [7, 11) is 0. The van der Waals surface area contributed by atoms with Gasteiger partial charge >= 0.3 is 0 Å². The zero-order valence-electron chi connectivity index (χ0n) is 9.56. The number of carbonyl (C=O) groups excluding carboxylic acids is 1. The summed E-state index contributed by atoms with van der Waals surface area (Å²) in [6, 6.07) is 3.89. The van der Waals surface area contributed by atoms with Gasteiger partial charge in [0.05, 0.1) is 11.8 Å². The average Bonchev–Trinajstić information content (AvgIpc) is 2.91. The number of amides is 1. The molecule has 0 saturated carbocycles. The summed E-state index contributed by atoms with van der Waals surface area (Å²) in [5.74, 6) is -0.153. The molecule has 17 heavy (non-hydrogen) atoms. The molecule has 0 spiro atoms. The Morgan fingerprint density at radius 3 is 2.82 bits per heavy atom. The van der Waals surface area contributed by atoms with Crippen molar-refractivity contribution in [3.8, 4) is 0 Å². The van der Waals surface area contributed by atoms with Crippen molar-refractivity contribution in [1.29, 1.82) is 0 Å². The van der Waals surface area contributed by atoms with Crippen LogP contribution in [0.3, 0.4) is 0 Å². The number of nitrogens with zero attached hydrogens (tertiary/aromatic N) is 1. The van der Waals surface area contributed by atoms with Crippen molar-refractivity contribution in [2.24, 2.45) is 5.10 Å². The van der Waals surface area contributed by atoms with Gasteiger partial charge in [-0.05, 0) is 30.9 Å². The average molecular weight is 264 g/mol. The standard InChI is InChI=1S/C12H12N2OS2/c1-8-9(2)17-7-11(8)12(15)14-13-6-10-4-3-5-16-10/h3-7H,1-2H3,(H,14,15)/b13-6-. The van der Waals surface area contributed by atoms with Gasteiger partial charge in [0, 0.05) is 15.1 Å². The first-order chi connectivity index (χ1) is 8.18. The van der Waals surface area contributed by atoms with Crippen molar-refractivity contribution in [2.45, 2.75) is 13.8 Å². The van der Waals surface area contributed by atoms with E-state index in [0.29, 0.717) is 5.56 Å². The Kier molecular flexibility index (Phi) is 3.71. The lowest BCUT2D eigenvalue weighted by atomic mass is 10.2. The molecule has 0 radical (unpaired) electrons.